The molecule has 11 nitrogen and oxygen atoms in total. The van der Waals surface area contributed by atoms with E-state index in [-0.39, 0.29) is 34.8 Å². The van der Waals surface area contributed by atoms with E-state index in [2.05, 4.69) is 15.0 Å². The number of fused-ring (bicyclic) bond motifs is 1. The predicted molar refractivity (Wildman–Crippen MR) is 103 cm³/mol. The highest BCUT2D eigenvalue weighted by Crippen LogP contribution is 2.40. The number of hydrogen-bond donors (Lipinski definition) is 5. The van der Waals surface area contributed by atoms with E-state index in [1.165, 1.54) is 17.0 Å². The van der Waals surface area contributed by atoms with Crippen molar-refractivity contribution in [3.05, 3.63) is 46.0 Å². The number of nitrogens with one attached hydrogen (secondary N) is 1. The number of nitrogens with two attached hydrogens (primary N) is 2. The molecule has 29 heavy (non-hydrogen) atoms. The summed E-state index contributed by atoms with van der Waals surface area (Å²) < 4.78 is 7.14. The summed E-state index contributed by atoms with van der Waals surface area (Å²) in [7, 11) is 0. The monoisotopic (exact) mass is 400 g/mol. The van der Waals surface area contributed by atoms with Crippen LogP contribution in [-0.2, 0) is 4.74 Å². The van der Waals surface area contributed by atoms with Crippen LogP contribution in [0, 0.1) is 6.92 Å². The second-order valence-electron chi connectivity index (χ2n) is 7.03. The minimum absolute atomic E-state index is 0.0352. The molecule has 1 fully saturated rings. The number of benzene rings is 1. The molecule has 0 radical (unpaired) electrons. The normalized spacial score (nSPS) is 24.2. The molecule has 4 rings (SSSR count). The van der Waals surface area contributed by atoms with Gasteiger partial charge in [0.25, 0.3) is 5.56 Å². The van der Waals surface area contributed by atoms with Crippen LogP contribution in [0.5, 0.6) is 0 Å². The minimum atomic E-state index is -2.04. The van der Waals surface area contributed by atoms with Crippen molar-refractivity contribution in [2.24, 2.45) is 0 Å². The van der Waals surface area contributed by atoms with Gasteiger partial charge in [0.05, 0.1) is 12.9 Å². The van der Waals surface area contributed by atoms with Crippen LogP contribution in [0.4, 0.5) is 11.6 Å². The first-order chi connectivity index (χ1) is 13.8. The molecule has 1 saturated heterocycles. The van der Waals surface area contributed by atoms with E-state index in [4.69, 9.17) is 16.2 Å². The number of para-hydroxylation sites is 1. The molecule has 2 aromatic heterocycles. The second kappa shape index (κ2) is 6.65. The summed E-state index contributed by atoms with van der Waals surface area (Å²) in [5, 5.41) is 21.0. The number of Topliss-reactive ketones (excluding diaryl/α,β-unsaturated/α-hetero) is 1. The van der Waals surface area contributed by atoms with Gasteiger partial charge in [-0.1, -0.05) is 12.1 Å². The Morgan fingerprint density at radius 2 is 2.21 bits per heavy atom. The number of carbonyl (C=O) groups excluding carboxylic acids is 1. The van der Waals surface area contributed by atoms with Crippen LogP contribution in [0.15, 0.2) is 29.3 Å². The van der Waals surface area contributed by atoms with Crippen molar-refractivity contribution in [1.82, 2.24) is 19.5 Å². The molecule has 152 valence electrons. The standard InChI is InChI=1S/C18H20N6O5/c1-8-3-2-4-9(12(8)19)14(26)18(28)5-11(29-10(18)6-25)24-7-21-13-15(24)22-17(20)23-16(13)27/h2-4,7,10-11,25,28H,5-6,19H2,1H3,(H3,20,22,23,27)/t10-,11-,18+/m1/s1. The summed E-state index contributed by atoms with van der Waals surface area (Å²) in [5.41, 5.74) is 10.3. The molecule has 3 aromatic rings. The number of rotatable bonds is 4. The number of nitrogen functional groups attached to an aromatic ring is 2. The van der Waals surface area contributed by atoms with Crippen LogP contribution in [0.2, 0.25) is 0 Å². The molecular formula is C18H20N6O5. The summed E-state index contributed by atoms with van der Waals surface area (Å²) in [4.78, 5) is 35.6. The maximum absolute atomic E-state index is 13.2. The number of ketones is 1. The van der Waals surface area contributed by atoms with Crippen molar-refractivity contribution in [2.45, 2.75) is 31.3 Å². The van der Waals surface area contributed by atoms with Crippen molar-refractivity contribution in [2.75, 3.05) is 18.1 Å². The quantitative estimate of drug-likeness (QED) is 0.284. The Morgan fingerprint density at radius 1 is 1.45 bits per heavy atom. The fraction of sp³-hybridized carbons (Fsp3) is 0.333. The van der Waals surface area contributed by atoms with Gasteiger partial charge in [-0.15, -0.1) is 0 Å². The molecule has 3 atom stereocenters. The smallest absolute Gasteiger partial charge is 0.280 e. The van der Waals surface area contributed by atoms with E-state index in [0.29, 0.717) is 5.56 Å². The van der Waals surface area contributed by atoms with Gasteiger partial charge in [0.1, 0.15) is 12.3 Å². The lowest BCUT2D eigenvalue weighted by molar-refractivity contribution is -0.0674. The summed E-state index contributed by atoms with van der Waals surface area (Å²) >= 11 is 0. The molecule has 0 spiro atoms. The number of anilines is 2. The Morgan fingerprint density at radius 3 is 2.93 bits per heavy atom. The zero-order chi connectivity index (χ0) is 20.9. The molecule has 1 aliphatic rings. The zero-order valence-electron chi connectivity index (χ0n) is 15.5. The van der Waals surface area contributed by atoms with Crippen molar-refractivity contribution in [1.29, 1.82) is 0 Å². The molecular weight excluding hydrogens is 380 g/mol. The van der Waals surface area contributed by atoms with Gasteiger partial charge in [-0.25, -0.2) is 4.98 Å². The SMILES string of the molecule is Cc1cccc(C(=O)[C@]2(O)C[C@H](n3cnc4c(=O)[nH]c(N)nc43)O[C@@H]2CO)c1N. The van der Waals surface area contributed by atoms with E-state index in [1.54, 1.807) is 19.1 Å². The van der Waals surface area contributed by atoms with Gasteiger partial charge in [0, 0.05) is 17.7 Å². The summed E-state index contributed by atoms with van der Waals surface area (Å²) in [6.07, 6.45) is -1.02. The fourth-order valence-electron chi connectivity index (χ4n) is 3.61. The Balaban J connectivity index is 1.75. The number of imidazole rings is 1. The topological polar surface area (TPSA) is 182 Å². The maximum atomic E-state index is 13.2. The number of ether oxygens (including phenoxy) is 1. The van der Waals surface area contributed by atoms with Crippen molar-refractivity contribution in [3.63, 3.8) is 0 Å². The van der Waals surface area contributed by atoms with Crippen LogP contribution in [0.25, 0.3) is 11.2 Å². The average Bonchev–Trinajstić information content (AvgIpc) is 3.25. The van der Waals surface area contributed by atoms with Gasteiger partial charge >= 0.3 is 0 Å². The highest BCUT2D eigenvalue weighted by atomic mass is 16.5. The molecule has 0 amide bonds. The third-order valence-electron chi connectivity index (χ3n) is 5.23. The Labute approximate surface area is 164 Å². The molecule has 11 heteroatoms. The van der Waals surface area contributed by atoms with Crippen molar-refractivity contribution >= 4 is 28.6 Å². The number of aromatic nitrogens is 4. The predicted octanol–water partition coefficient (Wildman–Crippen LogP) is -0.514. The first kappa shape index (κ1) is 19.1. The Kier molecular flexibility index (Phi) is 4.37. The van der Waals surface area contributed by atoms with Crippen LogP contribution in [-0.4, -0.2) is 53.8 Å². The number of aliphatic hydroxyl groups is 2. The van der Waals surface area contributed by atoms with Crippen LogP contribution >= 0.6 is 0 Å². The summed E-state index contributed by atoms with van der Waals surface area (Å²) in [6, 6.07) is 4.92. The lowest BCUT2D eigenvalue weighted by Gasteiger charge is -2.26. The molecule has 3 heterocycles. The highest BCUT2D eigenvalue weighted by molar-refractivity contribution is 6.07. The second-order valence-corrected chi connectivity index (χ2v) is 7.03. The van der Waals surface area contributed by atoms with Crippen LogP contribution < -0.4 is 17.0 Å². The Bertz CT molecular complexity index is 1170. The van der Waals surface area contributed by atoms with Crippen molar-refractivity contribution in [3.8, 4) is 0 Å². The van der Waals surface area contributed by atoms with Gasteiger partial charge in [-0.2, -0.15) is 4.98 Å². The number of aliphatic hydroxyl groups excluding tert-OH is 1. The van der Waals surface area contributed by atoms with Crippen molar-refractivity contribution < 1.29 is 19.7 Å². The lowest BCUT2D eigenvalue weighted by atomic mass is 9.85. The maximum Gasteiger partial charge on any atom is 0.280 e. The Hall–Kier alpha value is -3.28. The summed E-state index contributed by atoms with van der Waals surface area (Å²) in [5.74, 6) is -0.769. The van der Waals surface area contributed by atoms with E-state index < -0.39 is 35.9 Å². The number of carbonyl (C=O) groups is 1. The van der Waals surface area contributed by atoms with E-state index in [9.17, 15) is 19.8 Å². The molecule has 1 aliphatic heterocycles. The minimum Gasteiger partial charge on any atom is -0.398 e. The largest absolute Gasteiger partial charge is 0.398 e. The third-order valence-corrected chi connectivity index (χ3v) is 5.23. The fourth-order valence-corrected chi connectivity index (χ4v) is 3.61. The zero-order valence-corrected chi connectivity index (χ0v) is 15.5. The molecule has 1 aromatic carbocycles. The number of aryl methyl sites for hydroxylation is 1. The van der Waals surface area contributed by atoms with Gasteiger partial charge in [0.2, 0.25) is 5.95 Å². The first-order valence-electron chi connectivity index (χ1n) is 8.87. The van der Waals surface area contributed by atoms with E-state index in [0.717, 1.165) is 0 Å². The molecule has 7 N–H and O–H groups in total. The average molecular weight is 400 g/mol. The highest BCUT2D eigenvalue weighted by Gasteiger charge is 2.53. The molecule has 0 aliphatic carbocycles. The third kappa shape index (κ3) is 2.87. The number of H-pyrrole nitrogens is 1. The van der Waals surface area contributed by atoms with Gasteiger partial charge in [0.15, 0.2) is 22.5 Å². The van der Waals surface area contributed by atoms with Crippen LogP contribution in [0.3, 0.4) is 0 Å². The number of nitrogens with zero attached hydrogens (tertiary/aromatic N) is 3. The van der Waals surface area contributed by atoms with Gasteiger partial charge in [-0.05, 0) is 18.6 Å². The number of aromatic amines is 1. The molecule has 0 bridgehead atoms. The van der Waals surface area contributed by atoms with E-state index >= 15 is 0 Å². The van der Waals surface area contributed by atoms with E-state index in [1.807, 2.05) is 0 Å². The molecule has 0 unspecified atom stereocenters. The summed E-state index contributed by atoms with van der Waals surface area (Å²) in [6.45, 7) is 1.14. The molecule has 0 saturated carbocycles. The number of hydrogen-bond acceptors (Lipinski definition) is 9. The van der Waals surface area contributed by atoms with Gasteiger partial charge in [-0.3, -0.25) is 19.1 Å². The first-order valence-corrected chi connectivity index (χ1v) is 8.87. The van der Waals surface area contributed by atoms with Gasteiger partial charge < -0.3 is 26.4 Å². The van der Waals surface area contributed by atoms with Crippen LogP contribution in [0.1, 0.15) is 28.6 Å². The lowest BCUT2D eigenvalue weighted by Crippen LogP contribution is -2.48.